The van der Waals surface area contributed by atoms with Crippen molar-refractivity contribution in [3.05, 3.63) is 34.3 Å². The van der Waals surface area contributed by atoms with Gasteiger partial charge in [-0.05, 0) is 12.5 Å². The zero-order chi connectivity index (χ0) is 12.1. The normalized spacial score (nSPS) is 18.8. The van der Waals surface area contributed by atoms with Crippen LogP contribution in [0.2, 0.25) is 0 Å². The fraction of sp³-hybridized carbons (Fsp3) is 0.500. The van der Waals surface area contributed by atoms with Gasteiger partial charge in [0.2, 0.25) is 0 Å². The summed E-state index contributed by atoms with van der Waals surface area (Å²) in [6.07, 6.45) is 4.97. The number of ether oxygens (including phenoxy) is 2. The van der Waals surface area contributed by atoms with Crippen molar-refractivity contribution in [2.75, 3.05) is 14.2 Å². The van der Waals surface area contributed by atoms with E-state index in [4.69, 9.17) is 9.47 Å². The quantitative estimate of drug-likeness (QED) is 0.452. The zero-order valence-electron chi connectivity index (χ0n) is 9.91. The molecule has 0 aromatic rings. The van der Waals surface area contributed by atoms with Crippen molar-refractivity contribution in [2.45, 2.75) is 26.1 Å². The monoisotopic (exact) mass is 237 g/mol. The third-order valence-electron chi connectivity index (χ3n) is 2.41. The van der Waals surface area contributed by atoms with Gasteiger partial charge in [-0.25, -0.2) is 0 Å². The molecule has 1 N–H and O–H groups in total. The third-order valence-corrected chi connectivity index (χ3v) is 2.82. The number of methoxy groups -OCH3 is 2. The maximum absolute atomic E-state index is 9.85. The summed E-state index contributed by atoms with van der Waals surface area (Å²) in [6, 6.07) is 0. The molecule has 1 aliphatic carbocycles. The van der Waals surface area contributed by atoms with E-state index in [2.05, 4.69) is 10.2 Å². The molecule has 0 spiro atoms. The Bertz CT molecular complexity index is 338. The summed E-state index contributed by atoms with van der Waals surface area (Å²) in [4.78, 5) is 0. The largest absolute Gasteiger partial charge is 0.512 e. The highest BCUT2D eigenvalue weighted by atomic mass is 28.1. The highest BCUT2D eigenvalue weighted by molar-refractivity contribution is 6.25. The second kappa shape index (κ2) is 6.03. The SMILES string of the molecule is CCCC(O)=C1C=C(C(OC)OC)C=C1[Si]. The van der Waals surface area contributed by atoms with Crippen LogP contribution in [0.1, 0.15) is 19.8 Å². The van der Waals surface area contributed by atoms with Crippen LogP contribution in [0.25, 0.3) is 0 Å². The first-order valence-corrected chi connectivity index (χ1v) is 5.77. The minimum atomic E-state index is -0.390. The average molecular weight is 237 g/mol. The van der Waals surface area contributed by atoms with Gasteiger partial charge in [0.25, 0.3) is 0 Å². The molecule has 3 radical (unpaired) electrons. The van der Waals surface area contributed by atoms with E-state index >= 15 is 0 Å². The minimum Gasteiger partial charge on any atom is -0.512 e. The van der Waals surface area contributed by atoms with Gasteiger partial charge in [0.05, 0.1) is 16.0 Å². The van der Waals surface area contributed by atoms with Gasteiger partial charge in [0.1, 0.15) is 0 Å². The first-order chi connectivity index (χ1) is 7.63. The second-order valence-electron chi connectivity index (χ2n) is 3.62. The number of aliphatic hydroxyl groups excluding tert-OH is 1. The molecule has 87 valence electrons. The Hall–Kier alpha value is -0.843. The Morgan fingerprint density at radius 1 is 1.38 bits per heavy atom. The van der Waals surface area contributed by atoms with Crippen LogP contribution in [0.4, 0.5) is 0 Å². The van der Waals surface area contributed by atoms with Crippen LogP contribution < -0.4 is 0 Å². The summed E-state index contributed by atoms with van der Waals surface area (Å²) < 4.78 is 10.3. The van der Waals surface area contributed by atoms with Gasteiger partial charge in [-0.15, -0.1) is 0 Å². The summed E-state index contributed by atoms with van der Waals surface area (Å²) in [5.41, 5.74) is 1.71. The number of aliphatic hydroxyl groups is 1. The molecule has 0 saturated heterocycles. The molecule has 0 bridgehead atoms. The van der Waals surface area contributed by atoms with Crippen molar-refractivity contribution < 1.29 is 14.6 Å². The molecule has 0 saturated carbocycles. The van der Waals surface area contributed by atoms with Crippen LogP contribution >= 0.6 is 0 Å². The van der Waals surface area contributed by atoms with E-state index in [1.54, 1.807) is 14.2 Å². The molecular weight excluding hydrogens is 220 g/mol. The van der Waals surface area contributed by atoms with Crippen molar-refractivity contribution >= 4 is 10.2 Å². The summed E-state index contributed by atoms with van der Waals surface area (Å²) in [6.45, 7) is 2.03. The summed E-state index contributed by atoms with van der Waals surface area (Å²) in [5, 5.41) is 10.7. The number of hydrogen-bond acceptors (Lipinski definition) is 3. The molecule has 3 nitrogen and oxygen atoms in total. The van der Waals surface area contributed by atoms with E-state index in [9.17, 15) is 5.11 Å². The highest BCUT2D eigenvalue weighted by Crippen LogP contribution is 2.27. The Morgan fingerprint density at radius 2 is 2.00 bits per heavy atom. The standard InChI is InChI=1S/C12H17O3Si/c1-4-5-10(13)9-6-8(7-11(9)16)12(14-2)15-3/h6-7,12-13H,4-5H2,1-3H3. The molecule has 16 heavy (non-hydrogen) atoms. The lowest BCUT2D eigenvalue weighted by Crippen LogP contribution is -2.14. The van der Waals surface area contributed by atoms with Crippen LogP contribution in [-0.2, 0) is 9.47 Å². The molecule has 0 heterocycles. The van der Waals surface area contributed by atoms with Crippen molar-refractivity contribution in [2.24, 2.45) is 0 Å². The van der Waals surface area contributed by atoms with E-state index < -0.39 is 6.29 Å². The lowest BCUT2D eigenvalue weighted by Gasteiger charge is -2.12. The predicted octanol–water partition coefficient (Wildman–Crippen LogP) is 2.21. The third kappa shape index (κ3) is 2.84. The van der Waals surface area contributed by atoms with Gasteiger partial charge in [-0.3, -0.25) is 0 Å². The van der Waals surface area contributed by atoms with Gasteiger partial charge in [0.15, 0.2) is 6.29 Å². The minimum absolute atomic E-state index is 0.390. The van der Waals surface area contributed by atoms with E-state index in [0.29, 0.717) is 12.2 Å². The molecule has 4 heteroatoms. The summed E-state index contributed by atoms with van der Waals surface area (Å²) in [5.74, 6) is 0.393. The first-order valence-electron chi connectivity index (χ1n) is 5.27. The van der Waals surface area contributed by atoms with Crippen LogP contribution in [-0.4, -0.2) is 35.9 Å². The van der Waals surface area contributed by atoms with Crippen LogP contribution in [0.5, 0.6) is 0 Å². The van der Waals surface area contributed by atoms with Crippen molar-refractivity contribution in [3.63, 3.8) is 0 Å². The molecule has 0 aliphatic heterocycles. The van der Waals surface area contributed by atoms with Crippen LogP contribution in [0, 0.1) is 0 Å². The van der Waals surface area contributed by atoms with E-state index in [-0.39, 0.29) is 0 Å². The maximum atomic E-state index is 9.85. The topological polar surface area (TPSA) is 38.7 Å². The van der Waals surface area contributed by atoms with Gasteiger partial charge in [-0.2, -0.15) is 0 Å². The molecule has 0 unspecified atom stereocenters. The number of rotatable bonds is 5. The molecule has 0 aromatic carbocycles. The van der Waals surface area contributed by atoms with Gasteiger partial charge < -0.3 is 14.6 Å². The van der Waals surface area contributed by atoms with Crippen LogP contribution in [0.3, 0.4) is 0 Å². The molecular formula is C12H17O3Si. The van der Waals surface area contributed by atoms with Gasteiger partial charge in [-0.1, -0.05) is 18.2 Å². The molecule has 1 rings (SSSR count). The summed E-state index contributed by atoms with van der Waals surface area (Å²) >= 11 is 0. The van der Waals surface area contributed by atoms with Crippen molar-refractivity contribution in [3.8, 4) is 0 Å². The Labute approximate surface area is 99.9 Å². The predicted molar refractivity (Wildman–Crippen MR) is 64.3 cm³/mol. The van der Waals surface area contributed by atoms with E-state index in [0.717, 1.165) is 22.8 Å². The van der Waals surface area contributed by atoms with Gasteiger partial charge >= 0.3 is 0 Å². The van der Waals surface area contributed by atoms with E-state index in [1.165, 1.54) is 0 Å². The van der Waals surface area contributed by atoms with Crippen molar-refractivity contribution in [1.29, 1.82) is 0 Å². The lowest BCUT2D eigenvalue weighted by atomic mass is 10.1. The number of hydrogen-bond donors (Lipinski definition) is 1. The molecule has 0 atom stereocenters. The highest BCUT2D eigenvalue weighted by Gasteiger charge is 2.19. The molecule has 0 fully saturated rings. The Kier molecular flexibility index (Phi) is 4.98. The maximum Gasteiger partial charge on any atom is 0.183 e. The summed E-state index contributed by atoms with van der Waals surface area (Å²) in [7, 11) is 6.65. The Morgan fingerprint density at radius 3 is 2.50 bits per heavy atom. The average Bonchev–Trinajstić information content (AvgIpc) is 2.63. The van der Waals surface area contributed by atoms with Gasteiger partial charge in [0, 0.05) is 31.8 Å². The zero-order valence-corrected chi connectivity index (χ0v) is 10.9. The lowest BCUT2D eigenvalue weighted by molar-refractivity contribution is -0.0723. The van der Waals surface area contributed by atoms with Crippen LogP contribution in [0.15, 0.2) is 34.3 Å². The fourth-order valence-corrected chi connectivity index (χ4v) is 2.03. The fourth-order valence-electron chi connectivity index (χ4n) is 1.65. The first kappa shape index (κ1) is 13.2. The van der Waals surface area contributed by atoms with E-state index in [1.807, 2.05) is 19.1 Å². The Balaban J connectivity index is 2.94. The smallest absolute Gasteiger partial charge is 0.183 e. The molecule has 0 aromatic heterocycles. The molecule has 0 amide bonds. The molecule has 1 aliphatic rings. The second-order valence-corrected chi connectivity index (χ2v) is 4.15. The van der Waals surface area contributed by atoms with Crippen molar-refractivity contribution in [1.82, 2.24) is 0 Å². The number of allylic oxidation sites excluding steroid dienone is 4.